The first-order valence-corrected chi connectivity index (χ1v) is 8.70. The average molecular weight is 377 g/mol. The van der Waals surface area contributed by atoms with Gasteiger partial charge in [0, 0.05) is 5.70 Å². The third kappa shape index (κ3) is 5.66. The average Bonchev–Trinajstić information content (AvgIpc) is 3.37. The molecule has 1 fully saturated rings. The number of carbonyl (C=O) groups excluding carboxylic acids is 2. The molecule has 10 heteroatoms. The quantitative estimate of drug-likeness (QED) is 0.309. The maximum absolute atomic E-state index is 11.6. The minimum Gasteiger partial charge on any atom is -0.402 e. The number of hydrogen-bond acceptors (Lipinski definition) is 7. The van der Waals surface area contributed by atoms with Crippen LogP contribution in [-0.4, -0.2) is 32.8 Å². The molecule has 9 nitrogen and oxygen atoms in total. The van der Waals surface area contributed by atoms with Gasteiger partial charge in [-0.15, -0.1) is 0 Å². The Morgan fingerprint density at radius 2 is 2.08 bits per heavy atom. The van der Waals surface area contributed by atoms with Crippen molar-refractivity contribution in [2.75, 3.05) is 10.6 Å². The van der Waals surface area contributed by atoms with E-state index in [-0.39, 0.29) is 22.3 Å². The molecule has 1 aliphatic carbocycles. The van der Waals surface area contributed by atoms with E-state index in [2.05, 4.69) is 20.6 Å². The molecule has 0 aromatic carbocycles. The van der Waals surface area contributed by atoms with E-state index in [0.29, 0.717) is 24.5 Å². The highest BCUT2D eigenvalue weighted by molar-refractivity contribution is 7.81. The van der Waals surface area contributed by atoms with Crippen molar-refractivity contribution in [1.82, 2.24) is 9.97 Å². The molecule has 0 unspecified atom stereocenters. The fourth-order valence-corrected chi connectivity index (χ4v) is 2.51. The van der Waals surface area contributed by atoms with Crippen molar-refractivity contribution < 1.29 is 9.59 Å². The first-order valence-electron chi connectivity index (χ1n) is 8.29. The molecule has 1 atom stereocenters. The largest absolute Gasteiger partial charge is 0.402 e. The van der Waals surface area contributed by atoms with Gasteiger partial charge in [0.05, 0.1) is 6.20 Å². The van der Waals surface area contributed by atoms with E-state index in [1.165, 1.54) is 6.20 Å². The number of allylic oxidation sites excluding steroid dienone is 1. The Morgan fingerprint density at radius 3 is 2.62 bits per heavy atom. The summed E-state index contributed by atoms with van der Waals surface area (Å²) in [6.07, 6.45) is 6.31. The van der Waals surface area contributed by atoms with Crippen LogP contribution >= 0.6 is 12.2 Å². The van der Waals surface area contributed by atoms with E-state index in [9.17, 15) is 9.59 Å². The van der Waals surface area contributed by atoms with Gasteiger partial charge in [-0.25, -0.2) is 9.97 Å². The Labute approximate surface area is 156 Å². The molecule has 0 spiro atoms. The zero-order valence-electron chi connectivity index (χ0n) is 14.5. The Hall–Kier alpha value is -2.75. The Kier molecular flexibility index (Phi) is 6.45. The zero-order chi connectivity index (χ0) is 19.3. The number of nitrogens with zero attached hydrogens (tertiary/aromatic N) is 2. The van der Waals surface area contributed by atoms with Gasteiger partial charge in [0.15, 0.2) is 11.5 Å². The standard InChI is InChI=1S/C16H23N7O2S/c1-2-9(17)6-12(26)23-16-13(15(19)25)20-7-11(22-16)21-10(14(18)24)5-8-3-4-8/h6-8,10H,2-5,17H2,1H3,(H2,18,24)(H2,19,25)(H2,21,22,23,26)/b9-6-/t10-/m1/s1. The molecule has 0 aliphatic heterocycles. The van der Waals surface area contributed by atoms with Crippen molar-refractivity contribution >= 4 is 40.7 Å². The lowest BCUT2D eigenvalue weighted by Gasteiger charge is -2.17. The van der Waals surface area contributed by atoms with Crippen LogP contribution in [0.4, 0.5) is 11.6 Å². The SMILES string of the molecule is CC/C(N)=C/C(=S)Nc1nc(N[C@H](CC2CC2)C(N)=O)cnc1C(N)=O. The van der Waals surface area contributed by atoms with Crippen LogP contribution in [0.15, 0.2) is 18.0 Å². The van der Waals surface area contributed by atoms with E-state index in [0.717, 1.165) is 12.8 Å². The van der Waals surface area contributed by atoms with Gasteiger partial charge in [-0.3, -0.25) is 9.59 Å². The summed E-state index contributed by atoms with van der Waals surface area (Å²) in [7, 11) is 0. The molecular formula is C16H23N7O2S. The Bertz CT molecular complexity index is 746. The lowest BCUT2D eigenvalue weighted by Crippen LogP contribution is -2.36. The van der Waals surface area contributed by atoms with Gasteiger partial charge < -0.3 is 27.8 Å². The highest BCUT2D eigenvalue weighted by atomic mass is 32.1. The van der Waals surface area contributed by atoms with Gasteiger partial charge >= 0.3 is 0 Å². The molecule has 1 aliphatic rings. The van der Waals surface area contributed by atoms with E-state index in [1.54, 1.807) is 6.08 Å². The number of hydrogen-bond donors (Lipinski definition) is 5. The Morgan fingerprint density at radius 1 is 1.38 bits per heavy atom. The molecule has 140 valence electrons. The van der Waals surface area contributed by atoms with Crippen LogP contribution in [0.25, 0.3) is 0 Å². The number of thiocarbonyl (C=S) groups is 1. The number of carbonyl (C=O) groups is 2. The van der Waals surface area contributed by atoms with Crippen LogP contribution < -0.4 is 27.8 Å². The number of primary amides is 2. The fraction of sp³-hybridized carbons (Fsp3) is 0.438. The summed E-state index contributed by atoms with van der Waals surface area (Å²) in [5.74, 6) is -0.364. The van der Waals surface area contributed by atoms with Crippen LogP contribution in [-0.2, 0) is 4.79 Å². The van der Waals surface area contributed by atoms with Crippen molar-refractivity contribution in [3.05, 3.63) is 23.7 Å². The summed E-state index contributed by atoms with van der Waals surface area (Å²) in [6, 6.07) is -0.563. The van der Waals surface area contributed by atoms with E-state index in [1.807, 2.05) is 6.92 Å². The zero-order valence-corrected chi connectivity index (χ0v) is 15.3. The number of nitrogens with one attached hydrogen (secondary N) is 2. The highest BCUT2D eigenvalue weighted by Crippen LogP contribution is 2.34. The highest BCUT2D eigenvalue weighted by Gasteiger charge is 2.28. The minimum absolute atomic E-state index is 0.0702. The lowest BCUT2D eigenvalue weighted by atomic mass is 10.1. The van der Waals surface area contributed by atoms with Crippen molar-refractivity contribution in [2.24, 2.45) is 23.1 Å². The summed E-state index contributed by atoms with van der Waals surface area (Å²) in [6.45, 7) is 1.89. The van der Waals surface area contributed by atoms with Crippen molar-refractivity contribution in [3.63, 3.8) is 0 Å². The third-order valence-electron chi connectivity index (χ3n) is 3.90. The van der Waals surface area contributed by atoms with Gasteiger partial charge in [0.25, 0.3) is 5.91 Å². The van der Waals surface area contributed by atoms with Gasteiger partial charge in [0.1, 0.15) is 16.8 Å². The van der Waals surface area contributed by atoms with Crippen molar-refractivity contribution in [3.8, 4) is 0 Å². The molecule has 1 aromatic rings. The molecule has 0 bridgehead atoms. The number of rotatable bonds is 9. The lowest BCUT2D eigenvalue weighted by molar-refractivity contribution is -0.118. The predicted octanol–water partition coefficient (Wildman–Crippen LogP) is 0.633. The van der Waals surface area contributed by atoms with E-state index < -0.39 is 17.9 Å². The second-order valence-corrected chi connectivity index (χ2v) is 6.60. The van der Waals surface area contributed by atoms with Gasteiger partial charge in [-0.2, -0.15) is 0 Å². The topological polar surface area (TPSA) is 162 Å². The van der Waals surface area contributed by atoms with Crippen LogP contribution in [0, 0.1) is 5.92 Å². The smallest absolute Gasteiger partial charge is 0.271 e. The van der Waals surface area contributed by atoms with Gasteiger partial charge in [-0.05, 0) is 24.8 Å². The van der Waals surface area contributed by atoms with Gasteiger partial charge in [-0.1, -0.05) is 32.0 Å². The number of nitrogens with two attached hydrogens (primary N) is 3. The van der Waals surface area contributed by atoms with Crippen molar-refractivity contribution in [1.29, 1.82) is 0 Å². The normalized spacial score (nSPS) is 15.2. The molecule has 2 amide bonds. The summed E-state index contributed by atoms with van der Waals surface area (Å²) < 4.78 is 0. The van der Waals surface area contributed by atoms with Crippen LogP contribution in [0.1, 0.15) is 43.1 Å². The molecule has 1 aromatic heterocycles. The summed E-state index contributed by atoms with van der Waals surface area (Å²) in [5, 5.41) is 5.76. The molecule has 2 rings (SSSR count). The third-order valence-corrected chi connectivity index (χ3v) is 4.12. The molecule has 1 saturated carbocycles. The second kappa shape index (κ2) is 8.56. The molecular weight excluding hydrogens is 354 g/mol. The molecule has 0 saturated heterocycles. The van der Waals surface area contributed by atoms with Crippen molar-refractivity contribution in [2.45, 2.75) is 38.6 Å². The van der Waals surface area contributed by atoms with Crippen LogP contribution in [0.2, 0.25) is 0 Å². The molecule has 0 radical (unpaired) electrons. The van der Waals surface area contributed by atoms with Gasteiger partial charge in [0.2, 0.25) is 5.91 Å². The Balaban J connectivity index is 2.21. The predicted molar refractivity (Wildman–Crippen MR) is 103 cm³/mol. The molecule has 26 heavy (non-hydrogen) atoms. The van der Waals surface area contributed by atoms with Crippen LogP contribution in [0.3, 0.4) is 0 Å². The summed E-state index contributed by atoms with van der Waals surface area (Å²) >= 11 is 5.18. The number of amides is 2. The second-order valence-electron chi connectivity index (χ2n) is 6.16. The maximum atomic E-state index is 11.6. The van der Waals surface area contributed by atoms with Crippen LogP contribution in [0.5, 0.6) is 0 Å². The molecule has 8 N–H and O–H groups in total. The molecule has 1 heterocycles. The minimum atomic E-state index is -0.758. The summed E-state index contributed by atoms with van der Waals surface area (Å²) in [4.78, 5) is 31.8. The van der Waals surface area contributed by atoms with E-state index in [4.69, 9.17) is 29.4 Å². The monoisotopic (exact) mass is 377 g/mol. The summed E-state index contributed by atoms with van der Waals surface area (Å²) in [5.41, 5.74) is 17.0. The fourth-order valence-electron chi connectivity index (χ4n) is 2.26. The first-order chi connectivity index (χ1) is 12.3. The van der Waals surface area contributed by atoms with E-state index >= 15 is 0 Å². The first kappa shape index (κ1) is 19.6. The number of anilines is 2. The maximum Gasteiger partial charge on any atom is 0.271 e. The number of aromatic nitrogens is 2.